The maximum atomic E-state index is 12.2. The zero-order valence-electron chi connectivity index (χ0n) is 10.3. The molecular formula is C14H18N2O2. The third kappa shape index (κ3) is 2.70. The van der Waals surface area contributed by atoms with Gasteiger partial charge in [0.2, 0.25) is 12.3 Å². The Morgan fingerprint density at radius 3 is 2.56 bits per heavy atom. The Labute approximate surface area is 107 Å². The van der Waals surface area contributed by atoms with E-state index < -0.39 is 0 Å². The molecule has 0 aromatic heterocycles. The Kier molecular flexibility index (Phi) is 3.97. The second-order valence-electron chi connectivity index (χ2n) is 4.63. The van der Waals surface area contributed by atoms with E-state index in [0.717, 1.165) is 24.8 Å². The molecule has 1 fully saturated rings. The molecule has 2 rings (SSSR count). The Hall–Kier alpha value is -1.84. The Morgan fingerprint density at radius 1 is 1.22 bits per heavy atom. The van der Waals surface area contributed by atoms with E-state index >= 15 is 0 Å². The summed E-state index contributed by atoms with van der Waals surface area (Å²) in [5, 5.41) is 5.52. The van der Waals surface area contributed by atoms with Crippen molar-refractivity contribution in [3.8, 4) is 0 Å². The quantitative estimate of drug-likeness (QED) is 0.556. The highest BCUT2D eigenvalue weighted by Crippen LogP contribution is 2.48. The van der Waals surface area contributed by atoms with Gasteiger partial charge in [0.1, 0.15) is 0 Å². The minimum Gasteiger partial charge on any atom is -0.359 e. The van der Waals surface area contributed by atoms with Crippen LogP contribution in [0.3, 0.4) is 0 Å². The smallest absolute Gasteiger partial charge is 0.230 e. The van der Waals surface area contributed by atoms with Gasteiger partial charge in [-0.2, -0.15) is 0 Å². The molecule has 18 heavy (non-hydrogen) atoms. The third-order valence-corrected chi connectivity index (χ3v) is 3.38. The summed E-state index contributed by atoms with van der Waals surface area (Å²) >= 11 is 0. The second-order valence-corrected chi connectivity index (χ2v) is 4.63. The molecule has 1 aliphatic rings. The highest BCUT2D eigenvalue weighted by Gasteiger charge is 2.50. The third-order valence-electron chi connectivity index (χ3n) is 3.38. The van der Waals surface area contributed by atoms with Crippen LogP contribution in [0, 0.1) is 0 Å². The maximum Gasteiger partial charge on any atom is 0.230 e. The first kappa shape index (κ1) is 12.6. The van der Waals surface area contributed by atoms with Crippen molar-refractivity contribution in [2.24, 2.45) is 0 Å². The molecule has 1 saturated carbocycles. The molecule has 1 aromatic rings. The van der Waals surface area contributed by atoms with Gasteiger partial charge in [-0.05, 0) is 24.8 Å². The number of hydrogen-bond acceptors (Lipinski definition) is 2. The van der Waals surface area contributed by atoms with Gasteiger partial charge in [-0.25, -0.2) is 0 Å². The largest absolute Gasteiger partial charge is 0.359 e. The molecule has 2 N–H and O–H groups in total. The summed E-state index contributed by atoms with van der Waals surface area (Å²) in [6.45, 7) is 1.20. The fraction of sp³-hybridized carbons (Fsp3) is 0.429. The van der Waals surface area contributed by atoms with E-state index in [9.17, 15) is 9.59 Å². The van der Waals surface area contributed by atoms with Crippen LogP contribution in [-0.2, 0) is 15.0 Å². The van der Waals surface area contributed by atoms with Crippen LogP contribution < -0.4 is 10.6 Å². The van der Waals surface area contributed by atoms with Crippen LogP contribution in [0.1, 0.15) is 24.8 Å². The molecule has 0 unspecified atom stereocenters. The average molecular weight is 246 g/mol. The molecule has 0 atom stereocenters. The standard InChI is InChI=1S/C14H18N2O2/c17-11-15-9-4-10-16-13(18)14(7-8-14)12-5-2-1-3-6-12/h1-3,5-6,11H,4,7-10H2,(H,15,17)(H,16,18). The van der Waals surface area contributed by atoms with Gasteiger partial charge in [0, 0.05) is 13.1 Å². The highest BCUT2D eigenvalue weighted by molar-refractivity contribution is 5.91. The zero-order valence-corrected chi connectivity index (χ0v) is 10.3. The van der Waals surface area contributed by atoms with E-state index in [1.54, 1.807) is 0 Å². The minimum atomic E-state index is -0.292. The Morgan fingerprint density at radius 2 is 1.94 bits per heavy atom. The lowest BCUT2D eigenvalue weighted by atomic mass is 9.95. The summed E-state index contributed by atoms with van der Waals surface area (Å²) in [5.74, 6) is 0.111. The zero-order chi connectivity index (χ0) is 12.8. The fourth-order valence-electron chi connectivity index (χ4n) is 2.15. The number of nitrogens with one attached hydrogen (secondary N) is 2. The van der Waals surface area contributed by atoms with Gasteiger partial charge >= 0.3 is 0 Å². The Bertz CT molecular complexity index is 413. The minimum absolute atomic E-state index is 0.111. The van der Waals surface area contributed by atoms with Crippen molar-refractivity contribution in [2.45, 2.75) is 24.7 Å². The van der Waals surface area contributed by atoms with Crippen molar-refractivity contribution in [1.82, 2.24) is 10.6 Å². The topological polar surface area (TPSA) is 58.2 Å². The lowest BCUT2D eigenvalue weighted by molar-refractivity contribution is -0.123. The summed E-state index contributed by atoms with van der Waals surface area (Å²) in [6.07, 6.45) is 3.29. The first-order valence-electron chi connectivity index (χ1n) is 6.30. The van der Waals surface area contributed by atoms with Crippen LogP contribution in [0.15, 0.2) is 30.3 Å². The summed E-state index contributed by atoms with van der Waals surface area (Å²) in [7, 11) is 0. The molecule has 0 aliphatic heterocycles. The van der Waals surface area contributed by atoms with E-state index in [4.69, 9.17) is 0 Å². The van der Waals surface area contributed by atoms with Gasteiger partial charge in [0.25, 0.3) is 0 Å². The van der Waals surface area contributed by atoms with Crippen molar-refractivity contribution in [2.75, 3.05) is 13.1 Å². The highest BCUT2D eigenvalue weighted by atomic mass is 16.2. The predicted octanol–water partition coefficient (Wildman–Crippen LogP) is 0.970. The molecule has 0 spiro atoms. The summed E-state index contributed by atoms with van der Waals surface area (Å²) in [6, 6.07) is 9.93. The maximum absolute atomic E-state index is 12.2. The van der Waals surface area contributed by atoms with E-state index in [1.807, 2.05) is 30.3 Å². The van der Waals surface area contributed by atoms with Crippen molar-refractivity contribution in [3.05, 3.63) is 35.9 Å². The van der Waals surface area contributed by atoms with Gasteiger partial charge < -0.3 is 10.6 Å². The number of benzene rings is 1. The first-order chi connectivity index (χ1) is 8.79. The predicted molar refractivity (Wildman–Crippen MR) is 69.0 cm³/mol. The van der Waals surface area contributed by atoms with Crippen LogP contribution >= 0.6 is 0 Å². The normalized spacial score (nSPS) is 15.8. The first-order valence-corrected chi connectivity index (χ1v) is 6.30. The molecule has 2 amide bonds. The van der Waals surface area contributed by atoms with Gasteiger partial charge in [0.15, 0.2) is 0 Å². The van der Waals surface area contributed by atoms with Crippen LogP contribution in [-0.4, -0.2) is 25.4 Å². The number of amides is 2. The van der Waals surface area contributed by atoms with E-state index in [0.29, 0.717) is 19.5 Å². The SMILES string of the molecule is O=CNCCCNC(=O)C1(c2ccccc2)CC1. The van der Waals surface area contributed by atoms with Gasteiger partial charge in [0.05, 0.1) is 5.41 Å². The van der Waals surface area contributed by atoms with Crippen molar-refractivity contribution in [3.63, 3.8) is 0 Å². The molecule has 0 saturated heterocycles. The average Bonchev–Trinajstić information content (AvgIpc) is 3.21. The fourth-order valence-corrected chi connectivity index (χ4v) is 2.15. The van der Waals surface area contributed by atoms with Crippen LogP contribution in [0.4, 0.5) is 0 Å². The molecule has 1 aliphatic carbocycles. The molecule has 0 radical (unpaired) electrons. The van der Waals surface area contributed by atoms with Gasteiger partial charge in [-0.3, -0.25) is 9.59 Å². The molecular weight excluding hydrogens is 228 g/mol. The summed E-state index contributed by atoms with van der Waals surface area (Å²) in [4.78, 5) is 22.2. The summed E-state index contributed by atoms with van der Waals surface area (Å²) in [5.41, 5.74) is 0.813. The van der Waals surface area contributed by atoms with Crippen LogP contribution in [0.2, 0.25) is 0 Å². The number of carbonyl (C=O) groups is 2. The van der Waals surface area contributed by atoms with Crippen LogP contribution in [0.25, 0.3) is 0 Å². The molecule has 1 aromatic carbocycles. The van der Waals surface area contributed by atoms with E-state index in [1.165, 1.54) is 0 Å². The van der Waals surface area contributed by atoms with Crippen molar-refractivity contribution in [1.29, 1.82) is 0 Å². The van der Waals surface area contributed by atoms with Crippen molar-refractivity contribution >= 4 is 12.3 Å². The second kappa shape index (κ2) is 5.67. The van der Waals surface area contributed by atoms with E-state index in [-0.39, 0.29) is 11.3 Å². The Balaban J connectivity index is 1.84. The number of hydrogen-bond donors (Lipinski definition) is 2. The monoisotopic (exact) mass is 246 g/mol. The van der Waals surface area contributed by atoms with Crippen molar-refractivity contribution < 1.29 is 9.59 Å². The summed E-state index contributed by atoms with van der Waals surface area (Å²) < 4.78 is 0. The van der Waals surface area contributed by atoms with Gasteiger partial charge in [-0.15, -0.1) is 0 Å². The lowest BCUT2D eigenvalue weighted by Gasteiger charge is -2.15. The molecule has 4 nitrogen and oxygen atoms in total. The van der Waals surface area contributed by atoms with Crippen LogP contribution in [0.5, 0.6) is 0 Å². The molecule has 0 heterocycles. The number of carbonyl (C=O) groups excluding carboxylic acids is 2. The molecule has 96 valence electrons. The molecule has 0 bridgehead atoms. The number of rotatable bonds is 7. The van der Waals surface area contributed by atoms with Gasteiger partial charge in [-0.1, -0.05) is 30.3 Å². The molecule has 4 heteroatoms. The van der Waals surface area contributed by atoms with E-state index in [2.05, 4.69) is 10.6 Å². The lowest BCUT2D eigenvalue weighted by Crippen LogP contribution is -2.36.